The molecule has 22 heavy (non-hydrogen) atoms. The lowest BCUT2D eigenvalue weighted by atomic mass is 9.95. The van der Waals surface area contributed by atoms with E-state index in [1.54, 1.807) is 24.3 Å². The van der Waals surface area contributed by atoms with Gasteiger partial charge in [-0.05, 0) is 50.0 Å². The fourth-order valence-corrected chi connectivity index (χ4v) is 3.07. The molecular formula is C18H25N3O. The zero-order valence-corrected chi connectivity index (χ0v) is 13.6. The molecule has 0 unspecified atom stereocenters. The van der Waals surface area contributed by atoms with Gasteiger partial charge in [0.2, 0.25) is 0 Å². The molecule has 4 nitrogen and oxygen atoms in total. The summed E-state index contributed by atoms with van der Waals surface area (Å²) in [7, 11) is 0. The predicted octanol–water partition coefficient (Wildman–Crippen LogP) is 2.75. The summed E-state index contributed by atoms with van der Waals surface area (Å²) >= 11 is 0. The van der Waals surface area contributed by atoms with Crippen LogP contribution in [0.15, 0.2) is 24.3 Å². The van der Waals surface area contributed by atoms with Crippen LogP contribution in [0.2, 0.25) is 0 Å². The van der Waals surface area contributed by atoms with Crippen LogP contribution in [0.1, 0.15) is 42.6 Å². The van der Waals surface area contributed by atoms with Gasteiger partial charge in [0.15, 0.2) is 0 Å². The highest BCUT2D eigenvalue weighted by Gasteiger charge is 2.24. The number of carbonyl (C=O) groups is 1. The third-order valence-electron chi connectivity index (χ3n) is 4.55. The van der Waals surface area contributed by atoms with Crippen LogP contribution >= 0.6 is 0 Å². The highest BCUT2D eigenvalue weighted by atomic mass is 16.2. The maximum absolute atomic E-state index is 12.5. The van der Waals surface area contributed by atoms with E-state index in [9.17, 15) is 4.79 Å². The van der Waals surface area contributed by atoms with E-state index in [1.165, 1.54) is 0 Å². The summed E-state index contributed by atoms with van der Waals surface area (Å²) in [6.07, 6.45) is 2.14. The number of benzene rings is 1. The van der Waals surface area contributed by atoms with Crippen LogP contribution in [0.4, 0.5) is 0 Å². The first kappa shape index (κ1) is 16.5. The van der Waals surface area contributed by atoms with Crippen LogP contribution in [-0.2, 0) is 0 Å². The molecule has 0 atom stereocenters. The van der Waals surface area contributed by atoms with E-state index in [0.717, 1.165) is 45.6 Å². The van der Waals surface area contributed by atoms with Crippen molar-refractivity contribution in [3.05, 3.63) is 35.4 Å². The van der Waals surface area contributed by atoms with Crippen molar-refractivity contribution in [3.8, 4) is 6.07 Å². The van der Waals surface area contributed by atoms with Crippen molar-refractivity contribution in [3.63, 3.8) is 0 Å². The molecule has 2 rings (SSSR count). The highest BCUT2D eigenvalue weighted by molar-refractivity contribution is 5.94. The number of rotatable bonds is 5. The Morgan fingerprint density at radius 3 is 2.59 bits per heavy atom. The summed E-state index contributed by atoms with van der Waals surface area (Å²) in [6, 6.07) is 9.08. The largest absolute Gasteiger partial charge is 0.339 e. The number of hydrogen-bond donors (Lipinski definition) is 0. The van der Waals surface area contributed by atoms with E-state index in [4.69, 9.17) is 5.26 Å². The molecule has 0 bridgehead atoms. The van der Waals surface area contributed by atoms with E-state index in [1.807, 2.05) is 4.90 Å². The Bertz CT molecular complexity index is 538. The van der Waals surface area contributed by atoms with Gasteiger partial charge in [-0.2, -0.15) is 5.26 Å². The number of piperidine rings is 1. The van der Waals surface area contributed by atoms with Crippen molar-refractivity contribution >= 4 is 5.91 Å². The second-order valence-corrected chi connectivity index (χ2v) is 5.91. The molecule has 1 aromatic rings. The van der Waals surface area contributed by atoms with Gasteiger partial charge in [0.1, 0.15) is 0 Å². The Morgan fingerprint density at radius 1 is 1.32 bits per heavy atom. The summed E-state index contributed by atoms with van der Waals surface area (Å²) in [5.41, 5.74) is 1.17. The van der Waals surface area contributed by atoms with E-state index >= 15 is 0 Å². The lowest BCUT2D eigenvalue weighted by Gasteiger charge is -2.34. The molecule has 0 radical (unpaired) electrons. The second-order valence-electron chi connectivity index (χ2n) is 5.91. The van der Waals surface area contributed by atoms with Gasteiger partial charge in [-0.3, -0.25) is 4.79 Å². The van der Waals surface area contributed by atoms with Crippen molar-refractivity contribution in [1.82, 2.24) is 9.80 Å². The SMILES string of the molecule is CCN(CC)CC1CCN(C(=O)c2cccc(C#N)c2)CC1. The molecule has 4 heteroatoms. The Balaban J connectivity index is 1.91. The van der Waals surface area contributed by atoms with Crippen molar-refractivity contribution in [2.24, 2.45) is 5.92 Å². The van der Waals surface area contributed by atoms with Gasteiger partial charge < -0.3 is 9.80 Å². The van der Waals surface area contributed by atoms with Crippen molar-refractivity contribution < 1.29 is 4.79 Å². The first-order chi connectivity index (χ1) is 10.7. The minimum atomic E-state index is 0.0541. The number of nitriles is 1. The lowest BCUT2D eigenvalue weighted by Crippen LogP contribution is -2.41. The number of amides is 1. The monoisotopic (exact) mass is 299 g/mol. The topological polar surface area (TPSA) is 47.3 Å². The van der Waals surface area contributed by atoms with Crippen molar-refractivity contribution in [1.29, 1.82) is 5.26 Å². The molecular weight excluding hydrogens is 274 g/mol. The summed E-state index contributed by atoms with van der Waals surface area (Å²) in [4.78, 5) is 16.9. The molecule has 1 heterocycles. The molecule has 1 aliphatic rings. The van der Waals surface area contributed by atoms with Crippen molar-refractivity contribution in [2.45, 2.75) is 26.7 Å². The van der Waals surface area contributed by atoms with Gasteiger partial charge in [0, 0.05) is 25.2 Å². The van der Waals surface area contributed by atoms with Gasteiger partial charge >= 0.3 is 0 Å². The van der Waals surface area contributed by atoms with E-state index < -0.39 is 0 Å². The van der Waals surface area contributed by atoms with E-state index in [-0.39, 0.29) is 5.91 Å². The Hall–Kier alpha value is -1.86. The summed E-state index contributed by atoms with van der Waals surface area (Å²) < 4.78 is 0. The number of likely N-dealkylation sites (tertiary alicyclic amines) is 1. The average Bonchev–Trinajstić information content (AvgIpc) is 2.59. The normalized spacial score (nSPS) is 15.8. The van der Waals surface area contributed by atoms with Gasteiger partial charge in [0.05, 0.1) is 11.6 Å². The molecule has 0 N–H and O–H groups in total. The van der Waals surface area contributed by atoms with Gasteiger partial charge in [-0.1, -0.05) is 19.9 Å². The molecule has 0 saturated carbocycles. The zero-order valence-electron chi connectivity index (χ0n) is 13.6. The van der Waals surface area contributed by atoms with Crippen LogP contribution in [0.3, 0.4) is 0 Å². The highest BCUT2D eigenvalue weighted by Crippen LogP contribution is 2.20. The third-order valence-corrected chi connectivity index (χ3v) is 4.55. The Kier molecular flexibility index (Phi) is 5.97. The van der Waals surface area contributed by atoms with Crippen molar-refractivity contribution in [2.75, 3.05) is 32.7 Å². The second kappa shape index (κ2) is 7.95. The fourth-order valence-electron chi connectivity index (χ4n) is 3.07. The summed E-state index contributed by atoms with van der Waals surface area (Å²) in [5, 5.41) is 8.94. The Labute approximate surface area is 133 Å². The molecule has 118 valence electrons. The fraction of sp³-hybridized carbons (Fsp3) is 0.556. The van der Waals surface area contributed by atoms with Crippen LogP contribution < -0.4 is 0 Å². The zero-order chi connectivity index (χ0) is 15.9. The minimum Gasteiger partial charge on any atom is -0.339 e. The number of hydrogen-bond acceptors (Lipinski definition) is 3. The molecule has 0 aliphatic carbocycles. The van der Waals surface area contributed by atoms with Gasteiger partial charge in [-0.25, -0.2) is 0 Å². The van der Waals surface area contributed by atoms with Crippen LogP contribution in [0.5, 0.6) is 0 Å². The molecule has 0 aromatic heterocycles. The lowest BCUT2D eigenvalue weighted by molar-refractivity contribution is 0.0669. The maximum atomic E-state index is 12.5. The molecule has 1 aliphatic heterocycles. The molecule has 0 spiro atoms. The van der Waals surface area contributed by atoms with Gasteiger partial charge in [0.25, 0.3) is 5.91 Å². The standard InChI is InChI=1S/C18H25N3O/c1-3-20(4-2)14-15-8-10-21(11-9-15)18(22)17-7-5-6-16(12-17)13-19/h5-7,12,15H,3-4,8-11,14H2,1-2H3. The molecule has 1 amide bonds. The number of nitrogens with zero attached hydrogens (tertiary/aromatic N) is 3. The molecule has 1 saturated heterocycles. The third kappa shape index (κ3) is 4.08. The average molecular weight is 299 g/mol. The summed E-state index contributed by atoms with van der Waals surface area (Å²) in [5.74, 6) is 0.743. The maximum Gasteiger partial charge on any atom is 0.253 e. The summed E-state index contributed by atoms with van der Waals surface area (Å²) in [6.45, 7) is 9.36. The predicted molar refractivity (Wildman–Crippen MR) is 87.6 cm³/mol. The number of carbonyl (C=O) groups excluding carboxylic acids is 1. The van der Waals surface area contributed by atoms with E-state index in [0.29, 0.717) is 17.0 Å². The van der Waals surface area contributed by atoms with Crippen LogP contribution in [-0.4, -0.2) is 48.4 Å². The van der Waals surface area contributed by atoms with Crippen LogP contribution in [0.25, 0.3) is 0 Å². The first-order valence-corrected chi connectivity index (χ1v) is 8.19. The smallest absolute Gasteiger partial charge is 0.253 e. The van der Waals surface area contributed by atoms with Gasteiger partial charge in [-0.15, -0.1) is 0 Å². The first-order valence-electron chi connectivity index (χ1n) is 8.19. The van der Waals surface area contributed by atoms with E-state index in [2.05, 4.69) is 24.8 Å². The Morgan fingerprint density at radius 2 is 2.00 bits per heavy atom. The minimum absolute atomic E-state index is 0.0541. The van der Waals surface area contributed by atoms with Crippen LogP contribution in [0, 0.1) is 17.2 Å². The molecule has 1 aromatic carbocycles. The quantitative estimate of drug-likeness (QED) is 0.840. The molecule has 1 fully saturated rings.